The number of pyridine rings is 1. The third kappa shape index (κ3) is 6.64. The lowest BCUT2D eigenvalue weighted by atomic mass is 9.72. The lowest BCUT2D eigenvalue weighted by Gasteiger charge is -2.33. The second-order valence-electron chi connectivity index (χ2n) is 16.2. The summed E-state index contributed by atoms with van der Waals surface area (Å²) in [7, 11) is 0. The smallest absolute Gasteiger partial charge is 0.137 e. The minimum Gasteiger partial charge on any atom is -0.457 e. The van der Waals surface area contributed by atoms with Gasteiger partial charge in [0.05, 0.1) is 22.4 Å². The summed E-state index contributed by atoms with van der Waals surface area (Å²) in [5.74, 6) is 5.34. The molecule has 3 aromatic heterocycles. The van der Waals surface area contributed by atoms with Gasteiger partial charge < -0.3 is 4.74 Å². The van der Waals surface area contributed by atoms with Gasteiger partial charge in [-0.15, -0.1) is 0 Å². The van der Waals surface area contributed by atoms with Crippen LogP contribution in [-0.4, -0.2) is 19.3 Å². The molecule has 1 aliphatic rings. The zero-order chi connectivity index (χ0) is 36.1. The van der Waals surface area contributed by atoms with Gasteiger partial charge in [-0.05, 0) is 110 Å². The van der Waals surface area contributed by atoms with Gasteiger partial charge in [0.2, 0.25) is 0 Å². The molecule has 0 aliphatic heterocycles. The molecule has 0 radical (unpaired) electrons. The van der Waals surface area contributed by atoms with Gasteiger partial charge in [-0.3, -0.25) is 4.57 Å². The number of benzene rings is 3. The van der Waals surface area contributed by atoms with Crippen LogP contribution in [0.25, 0.3) is 33.3 Å². The van der Waals surface area contributed by atoms with Crippen LogP contribution in [0.4, 0.5) is 0 Å². The van der Waals surface area contributed by atoms with Crippen molar-refractivity contribution in [1.29, 1.82) is 0 Å². The lowest BCUT2D eigenvalue weighted by Crippen LogP contribution is -2.21. The first kappa shape index (κ1) is 34.8. The number of aryl methyl sites for hydroxylation is 1. The monoisotopic (exact) mass is 678 g/mol. The Kier molecular flexibility index (Phi) is 9.43. The summed E-state index contributed by atoms with van der Waals surface area (Å²) in [6.07, 6.45) is 6.58. The Morgan fingerprint density at radius 3 is 2.25 bits per heavy atom. The first-order chi connectivity index (χ1) is 24.4. The number of hydrogen-bond acceptors (Lipinski definition) is 3. The number of aromatic nitrogens is 4. The Morgan fingerprint density at radius 2 is 1.53 bits per heavy atom. The second-order valence-corrected chi connectivity index (χ2v) is 16.2. The molecule has 0 amide bonds. The van der Waals surface area contributed by atoms with Crippen LogP contribution in [0.15, 0.2) is 90.6 Å². The highest BCUT2D eigenvalue weighted by molar-refractivity contribution is 6.09. The fraction of sp³-hybridized carbons (Fsp3) is 0.391. The molecule has 5 heteroatoms. The minimum atomic E-state index is 0.325. The van der Waals surface area contributed by atoms with E-state index in [1.54, 1.807) is 0 Å². The van der Waals surface area contributed by atoms with Crippen molar-refractivity contribution in [2.24, 2.45) is 17.8 Å². The van der Waals surface area contributed by atoms with E-state index in [2.05, 4.69) is 157 Å². The molecular weight excluding hydrogens is 625 g/mol. The van der Waals surface area contributed by atoms with Crippen molar-refractivity contribution >= 4 is 21.8 Å². The highest BCUT2D eigenvalue weighted by Gasteiger charge is 2.33. The summed E-state index contributed by atoms with van der Waals surface area (Å²) >= 11 is 0. The van der Waals surface area contributed by atoms with E-state index >= 15 is 0 Å². The van der Waals surface area contributed by atoms with Crippen molar-refractivity contribution in [3.05, 3.63) is 119 Å². The Morgan fingerprint density at radius 1 is 0.784 bits per heavy atom. The number of ether oxygens (including phenoxy) is 1. The maximum absolute atomic E-state index is 6.82. The Balaban J connectivity index is 1.35. The van der Waals surface area contributed by atoms with Crippen molar-refractivity contribution in [1.82, 2.24) is 19.3 Å². The average molecular weight is 679 g/mol. The molecule has 0 N–H and O–H groups in total. The second kappa shape index (κ2) is 13.8. The van der Waals surface area contributed by atoms with Crippen molar-refractivity contribution in [2.45, 2.75) is 99.8 Å². The highest BCUT2D eigenvalue weighted by atomic mass is 16.5. The van der Waals surface area contributed by atoms with Crippen molar-refractivity contribution in [3.8, 4) is 23.0 Å². The van der Waals surface area contributed by atoms with E-state index in [-0.39, 0.29) is 0 Å². The van der Waals surface area contributed by atoms with Gasteiger partial charge in [0.25, 0.3) is 0 Å². The maximum Gasteiger partial charge on any atom is 0.137 e. The fourth-order valence-corrected chi connectivity index (χ4v) is 8.52. The topological polar surface area (TPSA) is 44.9 Å². The van der Waals surface area contributed by atoms with Crippen LogP contribution in [0.2, 0.25) is 0 Å². The van der Waals surface area contributed by atoms with Crippen molar-refractivity contribution < 1.29 is 4.74 Å². The number of allylic oxidation sites excluding steroid dienone is 2. The highest BCUT2D eigenvalue weighted by Crippen LogP contribution is 2.44. The Labute approximate surface area is 304 Å². The van der Waals surface area contributed by atoms with Gasteiger partial charge in [-0.1, -0.05) is 85.2 Å². The number of hydrogen-bond donors (Lipinski definition) is 0. The number of fused-ring (bicyclic) bond motifs is 3. The summed E-state index contributed by atoms with van der Waals surface area (Å²) in [6.45, 7) is 22.9. The first-order valence-electron chi connectivity index (χ1n) is 19.0. The van der Waals surface area contributed by atoms with Crippen molar-refractivity contribution in [2.75, 3.05) is 0 Å². The standard InChI is InChI=1S/C46H54N4O/c1-27(2)19-43-46(45-31(8)20-30(7)21-32(45)9)33(10)48-50(43)36-22-35(29(5)6)23-38(25-36)51-37-15-16-40-39-13-11-12-14-41(39)49(42(40)26-37)44-24-34(28(3)4)17-18-47-44/h11-18,20,22-30,32,45H,19,21H2,1-10H3/t30-,32-,45?/m0/s1. The molecule has 3 heterocycles. The molecular formula is C46H54N4O. The average Bonchev–Trinajstić information content (AvgIpc) is 3.57. The molecule has 5 nitrogen and oxygen atoms in total. The molecule has 0 saturated carbocycles. The summed E-state index contributed by atoms with van der Waals surface area (Å²) in [5, 5.41) is 7.68. The van der Waals surface area contributed by atoms with Crippen LogP contribution in [0, 0.1) is 24.7 Å². The Hall–Kier alpha value is -4.64. The molecule has 264 valence electrons. The molecule has 1 aliphatic carbocycles. The molecule has 6 aromatic rings. The maximum atomic E-state index is 6.82. The zero-order valence-electron chi connectivity index (χ0n) is 32.2. The quantitative estimate of drug-likeness (QED) is 0.143. The van der Waals surface area contributed by atoms with Crippen LogP contribution in [-0.2, 0) is 6.42 Å². The molecule has 3 aromatic carbocycles. The van der Waals surface area contributed by atoms with E-state index in [4.69, 9.17) is 14.8 Å². The molecule has 7 rings (SSSR count). The van der Waals surface area contributed by atoms with E-state index in [1.165, 1.54) is 45.2 Å². The van der Waals surface area contributed by atoms with Crippen LogP contribution in [0.1, 0.15) is 115 Å². The van der Waals surface area contributed by atoms with Crippen LogP contribution < -0.4 is 4.74 Å². The van der Waals surface area contributed by atoms with Gasteiger partial charge in [-0.2, -0.15) is 5.10 Å². The third-order valence-electron chi connectivity index (χ3n) is 10.8. The van der Waals surface area contributed by atoms with Gasteiger partial charge in [0.1, 0.15) is 17.3 Å². The summed E-state index contributed by atoms with van der Waals surface area (Å²) < 4.78 is 11.3. The molecule has 0 spiro atoms. The third-order valence-corrected chi connectivity index (χ3v) is 10.8. The summed E-state index contributed by atoms with van der Waals surface area (Å²) in [4.78, 5) is 4.85. The molecule has 1 unspecified atom stereocenters. The first-order valence-corrected chi connectivity index (χ1v) is 19.0. The predicted molar refractivity (Wildman–Crippen MR) is 213 cm³/mol. The SMILES string of the molecule is CC1=C[C@H](C)C[C@H](C)C1c1c(C)nn(-c2cc(Oc3ccc4c5ccccc5n(-c5cc(C(C)C)ccn5)c4c3)cc(C(C)C)c2)c1CC(C)C. The number of nitrogens with zero attached hydrogens (tertiary/aromatic N) is 4. The molecule has 0 fully saturated rings. The van der Waals surface area contributed by atoms with Crippen LogP contribution in [0.3, 0.4) is 0 Å². The summed E-state index contributed by atoms with van der Waals surface area (Å²) in [5.41, 5.74) is 11.1. The minimum absolute atomic E-state index is 0.325. The van der Waals surface area contributed by atoms with Gasteiger partial charge in [-0.25, -0.2) is 9.67 Å². The van der Waals surface area contributed by atoms with E-state index in [0.717, 1.165) is 46.2 Å². The zero-order valence-corrected chi connectivity index (χ0v) is 32.2. The van der Waals surface area contributed by atoms with Gasteiger partial charge >= 0.3 is 0 Å². The van der Waals surface area contributed by atoms with E-state index in [0.29, 0.717) is 35.5 Å². The Bertz CT molecular complexity index is 2250. The predicted octanol–water partition coefficient (Wildman–Crippen LogP) is 12.6. The van der Waals surface area contributed by atoms with Crippen LogP contribution >= 0.6 is 0 Å². The molecule has 3 atom stereocenters. The molecule has 0 saturated heterocycles. The lowest BCUT2D eigenvalue weighted by molar-refractivity contribution is 0.388. The van der Waals surface area contributed by atoms with Gasteiger partial charge in [0.15, 0.2) is 0 Å². The van der Waals surface area contributed by atoms with Crippen molar-refractivity contribution in [3.63, 3.8) is 0 Å². The largest absolute Gasteiger partial charge is 0.457 e. The molecule has 51 heavy (non-hydrogen) atoms. The fourth-order valence-electron chi connectivity index (χ4n) is 8.52. The summed E-state index contributed by atoms with van der Waals surface area (Å²) in [6, 6.07) is 26.0. The normalized spacial score (nSPS) is 18.1. The number of para-hydroxylation sites is 1. The van der Waals surface area contributed by atoms with Crippen LogP contribution in [0.5, 0.6) is 11.5 Å². The molecule has 0 bridgehead atoms. The van der Waals surface area contributed by atoms with E-state index < -0.39 is 0 Å². The van der Waals surface area contributed by atoms with E-state index in [9.17, 15) is 0 Å². The van der Waals surface area contributed by atoms with Gasteiger partial charge in [0, 0.05) is 46.3 Å². The van der Waals surface area contributed by atoms with E-state index in [1.807, 2.05) is 6.20 Å². The number of rotatable bonds is 9.